The molecule has 0 unspecified atom stereocenters. The number of nitrogens with zero attached hydrogens (tertiary/aromatic N) is 2. The lowest BCUT2D eigenvalue weighted by molar-refractivity contribution is -0.377. The Kier molecular flexibility index (Phi) is 7.95. The van der Waals surface area contributed by atoms with Crippen molar-refractivity contribution in [2.75, 3.05) is 6.61 Å². The summed E-state index contributed by atoms with van der Waals surface area (Å²) in [5.74, 6) is -0.0872. The number of H-pyrrole nitrogens is 1. The van der Waals surface area contributed by atoms with Gasteiger partial charge in [0, 0.05) is 12.0 Å². The van der Waals surface area contributed by atoms with Crippen molar-refractivity contribution in [2.45, 2.75) is 38.5 Å². The van der Waals surface area contributed by atoms with Crippen molar-refractivity contribution in [3.8, 4) is 11.5 Å². The minimum atomic E-state index is -3.01. The Morgan fingerprint density at radius 3 is 2.61 bits per heavy atom. The van der Waals surface area contributed by atoms with Crippen LogP contribution in [0.5, 0.6) is 11.5 Å². The number of aromatic amines is 1. The molecule has 2 aromatic carbocycles. The molecule has 0 bridgehead atoms. The van der Waals surface area contributed by atoms with Crippen molar-refractivity contribution in [1.82, 2.24) is 9.55 Å². The first-order valence-electron chi connectivity index (χ1n) is 12.0. The van der Waals surface area contributed by atoms with E-state index < -0.39 is 18.7 Å². The largest absolute Gasteiger partial charge is 0.489 e. The number of esters is 1. The predicted octanol–water partition coefficient (Wildman–Crippen LogP) is 6.07. The van der Waals surface area contributed by atoms with Crippen LogP contribution in [0.3, 0.4) is 0 Å². The quantitative estimate of drug-likeness (QED) is 0.207. The summed E-state index contributed by atoms with van der Waals surface area (Å²) in [6.07, 6.45) is 6.05. The van der Waals surface area contributed by atoms with Crippen LogP contribution in [0.4, 0.5) is 8.78 Å². The average Bonchev–Trinajstić information content (AvgIpc) is 3.64. The normalized spacial score (nSPS) is 14.0. The Labute approximate surface area is 227 Å². The molecular formula is C27H24Cl2F2N3O4+. The van der Waals surface area contributed by atoms with Gasteiger partial charge in [-0.05, 0) is 48.6 Å². The predicted molar refractivity (Wildman–Crippen MR) is 137 cm³/mol. The van der Waals surface area contributed by atoms with Crippen molar-refractivity contribution < 1.29 is 32.8 Å². The summed E-state index contributed by atoms with van der Waals surface area (Å²) in [5, 5.41) is 0.726. The fourth-order valence-electron chi connectivity index (χ4n) is 4.08. The molecule has 0 spiro atoms. The van der Waals surface area contributed by atoms with Crippen LogP contribution in [0.1, 0.15) is 30.1 Å². The second kappa shape index (κ2) is 11.5. The Morgan fingerprint density at radius 2 is 1.87 bits per heavy atom. The Balaban J connectivity index is 1.44. The lowest BCUT2D eigenvalue weighted by atomic mass is 10.0. The number of hydrogen-bond donors (Lipinski definition) is 0. The number of carbonyl (C=O) groups is 1. The lowest BCUT2D eigenvalue weighted by Crippen LogP contribution is -2.19. The topological polar surface area (TPSA) is 76.7 Å². The summed E-state index contributed by atoms with van der Waals surface area (Å²) in [6, 6.07) is 11.9. The third-order valence-electron chi connectivity index (χ3n) is 6.21. The minimum Gasteiger partial charge on any atom is -0.489 e. The molecule has 11 heteroatoms. The molecule has 0 amide bonds. The number of para-hydroxylation sites is 2. The molecule has 0 aliphatic heterocycles. The minimum absolute atomic E-state index is 0.0847. The SMILES string of the molecule is O=C(Cn1cnc2ccccc21)O[C@@H](Cc1c(Cl)c[nH+]cc1Cl)c1ccc(OC(F)F)c(OCC2CC2)c1. The number of rotatable bonds is 11. The Hall–Kier alpha value is -3.43. The van der Waals surface area contributed by atoms with Gasteiger partial charge < -0.3 is 18.8 Å². The van der Waals surface area contributed by atoms with E-state index in [1.165, 1.54) is 6.07 Å². The van der Waals surface area contributed by atoms with E-state index in [0.717, 1.165) is 23.9 Å². The van der Waals surface area contributed by atoms with Crippen LogP contribution >= 0.6 is 23.2 Å². The van der Waals surface area contributed by atoms with E-state index in [2.05, 4.69) is 14.7 Å². The van der Waals surface area contributed by atoms with Crippen molar-refractivity contribution in [3.63, 3.8) is 0 Å². The van der Waals surface area contributed by atoms with Gasteiger partial charge in [-0.3, -0.25) is 4.79 Å². The highest BCUT2D eigenvalue weighted by Gasteiger charge is 2.26. The number of hydrogen-bond acceptors (Lipinski definition) is 5. The molecule has 1 aliphatic rings. The summed E-state index contributed by atoms with van der Waals surface area (Å²) in [5.41, 5.74) is 2.62. The van der Waals surface area contributed by atoms with Gasteiger partial charge in [0.2, 0.25) is 0 Å². The second-order valence-corrected chi connectivity index (χ2v) is 9.83. The number of fused-ring (bicyclic) bond motifs is 1. The maximum atomic E-state index is 13.1. The van der Waals surface area contributed by atoms with E-state index in [-0.39, 0.29) is 24.5 Å². The number of imidazole rings is 1. The third kappa shape index (κ3) is 6.34. The molecule has 198 valence electrons. The average molecular weight is 563 g/mol. The maximum Gasteiger partial charge on any atom is 0.387 e. The van der Waals surface area contributed by atoms with E-state index in [1.54, 1.807) is 35.4 Å². The molecule has 0 radical (unpaired) electrons. The third-order valence-corrected chi connectivity index (χ3v) is 6.89. The van der Waals surface area contributed by atoms with E-state index in [9.17, 15) is 13.6 Å². The molecule has 2 heterocycles. The molecule has 7 nitrogen and oxygen atoms in total. The van der Waals surface area contributed by atoms with Crippen LogP contribution in [0.15, 0.2) is 61.2 Å². The van der Waals surface area contributed by atoms with Crippen LogP contribution in [0, 0.1) is 5.92 Å². The monoisotopic (exact) mass is 562 g/mol. The summed E-state index contributed by atoms with van der Waals surface area (Å²) in [7, 11) is 0. The van der Waals surface area contributed by atoms with Gasteiger partial charge in [0.25, 0.3) is 0 Å². The lowest BCUT2D eigenvalue weighted by Gasteiger charge is -2.21. The smallest absolute Gasteiger partial charge is 0.387 e. The first kappa shape index (κ1) is 26.2. The van der Waals surface area contributed by atoms with Crippen LogP contribution < -0.4 is 14.5 Å². The van der Waals surface area contributed by atoms with Crippen molar-refractivity contribution in [3.05, 3.63) is 82.4 Å². The summed E-state index contributed by atoms with van der Waals surface area (Å²) in [4.78, 5) is 20.3. The number of nitrogens with one attached hydrogen (secondary N) is 1. The molecule has 1 fully saturated rings. The van der Waals surface area contributed by atoms with Crippen molar-refractivity contribution in [1.29, 1.82) is 0 Å². The van der Waals surface area contributed by atoms with Gasteiger partial charge in [0.05, 0.1) is 24.0 Å². The number of aromatic nitrogens is 3. The molecule has 5 rings (SSSR count). The van der Waals surface area contributed by atoms with Gasteiger partial charge in [0.1, 0.15) is 22.7 Å². The van der Waals surface area contributed by atoms with Crippen molar-refractivity contribution in [2.24, 2.45) is 5.92 Å². The van der Waals surface area contributed by atoms with Gasteiger partial charge in [0.15, 0.2) is 23.9 Å². The van der Waals surface area contributed by atoms with Crippen LogP contribution in [-0.4, -0.2) is 28.7 Å². The van der Waals surface area contributed by atoms with E-state index in [1.807, 2.05) is 24.3 Å². The van der Waals surface area contributed by atoms with Gasteiger partial charge >= 0.3 is 12.6 Å². The first-order chi connectivity index (χ1) is 18.4. The highest BCUT2D eigenvalue weighted by Crippen LogP contribution is 2.37. The zero-order valence-electron chi connectivity index (χ0n) is 20.1. The number of benzene rings is 2. The molecule has 2 aromatic heterocycles. The Bertz CT molecular complexity index is 1420. The Morgan fingerprint density at radius 1 is 1.11 bits per heavy atom. The standard InChI is InChI=1S/C27H23Cl2F2N3O4/c28-19-11-32-12-20(29)18(19)10-24(37-26(35)13-34-15-33-21-3-1-2-4-22(21)34)17-7-8-23(38-27(30)31)25(9-17)36-14-16-5-6-16/h1-4,7-9,11-12,15-16,24,27H,5-6,10,13-14H2/p+1/t24-/m0/s1. The molecule has 4 aromatic rings. The second-order valence-electron chi connectivity index (χ2n) is 9.01. The molecule has 38 heavy (non-hydrogen) atoms. The molecule has 0 saturated heterocycles. The maximum absolute atomic E-state index is 13.1. The number of alkyl halides is 2. The molecule has 1 N–H and O–H groups in total. The zero-order valence-corrected chi connectivity index (χ0v) is 21.6. The van der Waals surface area contributed by atoms with E-state index >= 15 is 0 Å². The number of ether oxygens (including phenoxy) is 3. The van der Waals surface area contributed by atoms with Gasteiger partial charge in [-0.25, -0.2) is 9.97 Å². The number of halogens is 4. The van der Waals surface area contributed by atoms with Crippen LogP contribution in [-0.2, 0) is 22.5 Å². The summed E-state index contributed by atoms with van der Waals surface area (Å²) >= 11 is 12.8. The fraction of sp³-hybridized carbons (Fsp3) is 0.296. The molecule has 1 saturated carbocycles. The van der Waals surface area contributed by atoms with Gasteiger partial charge in [-0.1, -0.05) is 41.4 Å². The van der Waals surface area contributed by atoms with Gasteiger partial charge in [-0.15, -0.1) is 0 Å². The van der Waals surface area contributed by atoms with E-state index in [0.29, 0.717) is 33.7 Å². The first-order valence-corrected chi connectivity index (χ1v) is 12.8. The molecule has 1 aliphatic carbocycles. The van der Waals surface area contributed by atoms with E-state index in [4.69, 9.17) is 32.7 Å². The fourth-order valence-corrected chi connectivity index (χ4v) is 4.61. The highest BCUT2D eigenvalue weighted by atomic mass is 35.5. The highest BCUT2D eigenvalue weighted by molar-refractivity contribution is 6.35. The van der Waals surface area contributed by atoms with Crippen molar-refractivity contribution >= 4 is 40.2 Å². The van der Waals surface area contributed by atoms with Crippen LogP contribution in [0.2, 0.25) is 10.0 Å². The number of carbonyl (C=O) groups excluding carboxylic acids is 1. The summed E-state index contributed by atoms with van der Waals surface area (Å²) in [6.45, 7) is -2.72. The van der Waals surface area contributed by atoms with Crippen LogP contribution in [0.25, 0.3) is 11.0 Å². The zero-order chi connectivity index (χ0) is 26.6. The molecule has 1 atom stereocenters. The molecular weight excluding hydrogens is 539 g/mol. The van der Waals surface area contributed by atoms with Gasteiger partial charge in [-0.2, -0.15) is 8.78 Å². The summed E-state index contributed by atoms with van der Waals surface area (Å²) < 4.78 is 44.1. The number of pyridine rings is 1.